The first-order valence-corrected chi connectivity index (χ1v) is 11.2. The largest absolute Gasteiger partial charge is 0.339 e. The molecule has 1 amide bonds. The van der Waals surface area contributed by atoms with Gasteiger partial charge in [0.05, 0.1) is 10.6 Å². The number of hydrogen-bond acceptors (Lipinski definition) is 3. The zero-order chi connectivity index (χ0) is 20.5. The van der Waals surface area contributed by atoms with Crippen molar-refractivity contribution in [3.05, 3.63) is 59.7 Å². The maximum Gasteiger partial charge on any atom is 0.264 e. The maximum atomic E-state index is 13.4. The predicted octanol–water partition coefficient (Wildman–Crippen LogP) is 4.08. The van der Waals surface area contributed by atoms with Gasteiger partial charge in [-0.2, -0.15) is 0 Å². The molecule has 0 bridgehead atoms. The van der Waals surface area contributed by atoms with Gasteiger partial charge in [-0.05, 0) is 69.4 Å². The number of rotatable bonds is 7. The molecule has 0 radical (unpaired) electrons. The summed E-state index contributed by atoms with van der Waals surface area (Å²) in [6.07, 6.45) is 2.30. The molecule has 1 atom stereocenters. The Labute approximate surface area is 168 Å². The van der Waals surface area contributed by atoms with E-state index in [0.717, 1.165) is 12.8 Å². The Kier molecular flexibility index (Phi) is 5.79. The molecule has 0 N–H and O–H groups in total. The van der Waals surface area contributed by atoms with E-state index in [4.69, 9.17) is 0 Å². The van der Waals surface area contributed by atoms with Crippen molar-refractivity contribution in [3.8, 4) is 0 Å². The van der Waals surface area contributed by atoms with Crippen molar-refractivity contribution in [2.75, 3.05) is 17.9 Å². The van der Waals surface area contributed by atoms with E-state index in [1.807, 2.05) is 18.2 Å². The molecular weight excluding hydrogens is 372 g/mol. The summed E-state index contributed by atoms with van der Waals surface area (Å²) in [5.74, 6) is 0.412. The van der Waals surface area contributed by atoms with Gasteiger partial charge in [-0.25, -0.2) is 8.42 Å². The lowest BCUT2D eigenvalue weighted by molar-refractivity contribution is 0.0727. The molecule has 5 nitrogen and oxygen atoms in total. The van der Waals surface area contributed by atoms with Crippen LogP contribution in [-0.2, 0) is 10.0 Å². The van der Waals surface area contributed by atoms with Gasteiger partial charge >= 0.3 is 0 Å². The van der Waals surface area contributed by atoms with E-state index in [9.17, 15) is 13.2 Å². The quantitative estimate of drug-likeness (QED) is 0.704. The average Bonchev–Trinajstić information content (AvgIpc) is 3.53. The Morgan fingerprint density at radius 1 is 1.14 bits per heavy atom. The molecule has 1 aliphatic carbocycles. The number of amides is 1. The fourth-order valence-electron chi connectivity index (χ4n) is 3.50. The Balaban J connectivity index is 1.97. The van der Waals surface area contributed by atoms with Crippen LogP contribution in [0.2, 0.25) is 0 Å². The summed E-state index contributed by atoms with van der Waals surface area (Å²) in [5, 5.41) is 0. The fourth-order valence-corrected chi connectivity index (χ4v) is 5.23. The van der Waals surface area contributed by atoms with Crippen LogP contribution >= 0.6 is 0 Å². The zero-order valence-electron chi connectivity index (χ0n) is 16.9. The van der Waals surface area contributed by atoms with Gasteiger partial charge in [0.1, 0.15) is 0 Å². The van der Waals surface area contributed by atoms with Gasteiger partial charge in [-0.1, -0.05) is 24.3 Å². The maximum absolute atomic E-state index is 13.4. The summed E-state index contributed by atoms with van der Waals surface area (Å²) in [7, 11) is -1.98. The molecule has 6 heteroatoms. The van der Waals surface area contributed by atoms with E-state index in [1.165, 1.54) is 10.4 Å². The number of hydrogen-bond donors (Lipinski definition) is 0. The van der Waals surface area contributed by atoms with Crippen LogP contribution in [0.4, 0.5) is 5.69 Å². The van der Waals surface area contributed by atoms with E-state index in [0.29, 0.717) is 29.3 Å². The number of nitrogens with zero attached hydrogens (tertiary/aromatic N) is 2. The number of para-hydroxylation sites is 1. The standard InChI is InChI=1S/C22H28N2O3S/c1-5-24(20-9-7-6-8-10-20)28(26,27)21-15-19(12-11-16(21)2)22(25)23(4)17(3)18-13-14-18/h6-12,15,17-18H,5,13-14H2,1-4H3. The van der Waals surface area contributed by atoms with E-state index in [-0.39, 0.29) is 16.8 Å². The first kappa shape index (κ1) is 20.4. The molecule has 0 aromatic heterocycles. The smallest absolute Gasteiger partial charge is 0.264 e. The van der Waals surface area contributed by atoms with Gasteiger partial charge in [0.2, 0.25) is 0 Å². The minimum atomic E-state index is -3.78. The van der Waals surface area contributed by atoms with E-state index in [1.54, 1.807) is 50.1 Å². The molecule has 2 aromatic rings. The third kappa shape index (κ3) is 3.92. The number of sulfonamides is 1. The van der Waals surface area contributed by atoms with Crippen LogP contribution in [0.25, 0.3) is 0 Å². The van der Waals surface area contributed by atoms with Crippen LogP contribution in [0.15, 0.2) is 53.4 Å². The second-order valence-electron chi connectivity index (χ2n) is 7.48. The molecule has 150 valence electrons. The summed E-state index contributed by atoms with van der Waals surface area (Å²) < 4.78 is 28.1. The average molecular weight is 401 g/mol. The monoisotopic (exact) mass is 400 g/mol. The number of benzene rings is 2. The van der Waals surface area contributed by atoms with Gasteiger partial charge in [-0.15, -0.1) is 0 Å². The molecular formula is C22H28N2O3S. The molecule has 0 aliphatic heterocycles. The molecule has 3 rings (SSSR count). The van der Waals surface area contributed by atoms with Crippen LogP contribution in [0.3, 0.4) is 0 Å². The van der Waals surface area contributed by atoms with E-state index < -0.39 is 10.0 Å². The first-order valence-electron chi connectivity index (χ1n) is 9.73. The molecule has 1 saturated carbocycles. The lowest BCUT2D eigenvalue weighted by Gasteiger charge is -2.26. The molecule has 2 aromatic carbocycles. The van der Waals surface area contributed by atoms with Crippen molar-refractivity contribution in [2.45, 2.75) is 44.6 Å². The zero-order valence-corrected chi connectivity index (χ0v) is 17.7. The molecule has 1 aliphatic rings. The van der Waals surface area contributed by atoms with Crippen molar-refractivity contribution < 1.29 is 13.2 Å². The Morgan fingerprint density at radius 2 is 1.79 bits per heavy atom. The number of carbonyl (C=O) groups excluding carboxylic acids is 1. The Bertz CT molecular complexity index is 953. The minimum Gasteiger partial charge on any atom is -0.339 e. The molecule has 0 saturated heterocycles. The second kappa shape index (κ2) is 7.95. The molecule has 0 spiro atoms. The molecule has 1 unspecified atom stereocenters. The highest BCUT2D eigenvalue weighted by atomic mass is 32.2. The van der Waals surface area contributed by atoms with Crippen molar-refractivity contribution in [1.29, 1.82) is 0 Å². The van der Waals surface area contributed by atoms with Crippen LogP contribution in [-0.4, -0.2) is 38.9 Å². The van der Waals surface area contributed by atoms with Crippen molar-refractivity contribution in [2.24, 2.45) is 5.92 Å². The third-order valence-electron chi connectivity index (χ3n) is 5.57. The molecule has 1 fully saturated rings. The van der Waals surface area contributed by atoms with Gasteiger partial charge in [0.15, 0.2) is 0 Å². The fraction of sp³-hybridized carbons (Fsp3) is 0.409. The highest BCUT2D eigenvalue weighted by molar-refractivity contribution is 7.92. The Morgan fingerprint density at radius 3 is 2.36 bits per heavy atom. The lowest BCUT2D eigenvalue weighted by Crippen LogP contribution is -2.36. The van der Waals surface area contributed by atoms with Gasteiger partial charge in [0.25, 0.3) is 15.9 Å². The lowest BCUT2D eigenvalue weighted by atomic mass is 10.1. The SMILES string of the molecule is CCN(c1ccccc1)S(=O)(=O)c1cc(C(=O)N(C)C(C)C2CC2)ccc1C. The van der Waals surface area contributed by atoms with Crippen molar-refractivity contribution >= 4 is 21.6 Å². The van der Waals surface area contributed by atoms with Gasteiger partial charge < -0.3 is 4.90 Å². The van der Waals surface area contributed by atoms with Crippen LogP contribution in [0.5, 0.6) is 0 Å². The topological polar surface area (TPSA) is 57.7 Å². The second-order valence-corrected chi connectivity index (χ2v) is 9.31. The predicted molar refractivity (Wildman–Crippen MR) is 112 cm³/mol. The first-order chi connectivity index (χ1) is 13.3. The summed E-state index contributed by atoms with van der Waals surface area (Å²) in [6.45, 7) is 5.93. The third-order valence-corrected chi connectivity index (χ3v) is 7.61. The number of anilines is 1. The summed E-state index contributed by atoms with van der Waals surface area (Å²) in [5.41, 5.74) is 1.65. The Hall–Kier alpha value is -2.34. The summed E-state index contributed by atoms with van der Waals surface area (Å²) >= 11 is 0. The van der Waals surface area contributed by atoms with Crippen LogP contribution in [0.1, 0.15) is 42.6 Å². The highest BCUT2D eigenvalue weighted by Gasteiger charge is 2.33. The normalized spacial score (nSPS) is 15.1. The van der Waals surface area contributed by atoms with Gasteiger partial charge in [-0.3, -0.25) is 9.10 Å². The number of aryl methyl sites for hydroxylation is 1. The number of carbonyl (C=O) groups is 1. The van der Waals surface area contributed by atoms with Crippen molar-refractivity contribution in [3.63, 3.8) is 0 Å². The van der Waals surface area contributed by atoms with Crippen LogP contribution in [0, 0.1) is 12.8 Å². The van der Waals surface area contributed by atoms with E-state index >= 15 is 0 Å². The molecule has 28 heavy (non-hydrogen) atoms. The minimum absolute atomic E-state index is 0.140. The van der Waals surface area contributed by atoms with Crippen molar-refractivity contribution in [1.82, 2.24) is 4.90 Å². The van der Waals surface area contributed by atoms with E-state index in [2.05, 4.69) is 6.92 Å². The highest BCUT2D eigenvalue weighted by Crippen LogP contribution is 2.35. The van der Waals surface area contributed by atoms with Gasteiger partial charge in [0, 0.05) is 25.2 Å². The summed E-state index contributed by atoms with van der Waals surface area (Å²) in [4.78, 5) is 14.8. The molecule has 0 heterocycles. The van der Waals surface area contributed by atoms with Crippen LogP contribution < -0.4 is 4.31 Å². The summed E-state index contributed by atoms with van der Waals surface area (Å²) in [6, 6.07) is 14.1.